The highest BCUT2D eigenvalue weighted by atomic mass is 16.7. The number of rotatable bonds is 3. The van der Waals surface area contributed by atoms with Gasteiger partial charge >= 0.3 is 0 Å². The van der Waals surface area contributed by atoms with Crippen LogP contribution in [0.25, 0.3) is 6.08 Å². The van der Waals surface area contributed by atoms with Gasteiger partial charge in [-0.3, -0.25) is 19.7 Å². The summed E-state index contributed by atoms with van der Waals surface area (Å²) < 4.78 is 0. The van der Waals surface area contributed by atoms with Crippen LogP contribution in [-0.4, -0.2) is 29.0 Å². The standard InChI is InChI=1S/C13H14N2O4/c16-13(14-9-3-4-10-19-14)8-7-11-5-1-2-6-12(11)15(17)18/h1-2,5-8H,3-4,9-10H2/b8-7+. The maximum atomic E-state index is 11.8. The lowest BCUT2D eigenvalue weighted by atomic mass is 10.1. The minimum atomic E-state index is -0.471. The van der Waals surface area contributed by atoms with Crippen molar-refractivity contribution in [3.05, 3.63) is 46.0 Å². The Bertz CT molecular complexity index is 507. The minimum Gasteiger partial charge on any atom is -0.271 e. The summed E-state index contributed by atoms with van der Waals surface area (Å²) >= 11 is 0. The van der Waals surface area contributed by atoms with Gasteiger partial charge in [0.15, 0.2) is 0 Å². The smallest absolute Gasteiger partial charge is 0.271 e. The van der Waals surface area contributed by atoms with Crippen molar-refractivity contribution in [3.63, 3.8) is 0 Å². The van der Waals surface area contributed by atoms with Crippen molar-refractivity contribution in [2.75, 3.05) is 13.2 Å². The molecule has 0 atom stereocenters. The zero-order valence-electron chi connectivity index (χ0n) is 10.3. The fourth-order valence-electron chi connectivity index (χ4n) is 1.81. The fraction of sp³-hybridized carbons (Fsp3) is 0.308. The molecule has 1 heterocycles. The van der Waals surface area contributed by atoms with Gasteiger partial charge in [-0.1, -0.05) is 12.1 Å². The van der Waals surface area contributed by atoms with E-state index in [0.717, 1.165) is 12.8 Å². The van der Waals surface area contributed by atoms with Crippen LogP contribution in [0.2, 0.25) is 0 Å². The third-order valence-electron chi connectivity index (χ3n) is 2.79. The molecule has 100 valence electrons. The highest BCUT2D eigenvalue weighted by Gasteiger charge is 2.16. The summed E-state index contributed by atoms with van der Waals surface area (Å²) in [6.07, 6.45) is 4.59. The first-order valence-electron chi connectivity index (χ1n) is 6.04. The van der Waals surface area contributed by atoms with Gasteiger partial charge in [0.2, 0.25) is 0 Å². The maximum Gasteiger partial charge on any atom is 0.276 e. The van der Waals surface area contributed by atoms with Crippen molar-refractivity contribution in [1.29, 1.82) is 0 Å². The first-order valence-corrected chi connectivity index (χ1v) is 6.04. The molecule has 1 aromatic rings. The predicted molar refractivity (Wildman–Crippen MR) is 69.0 cm³/mol. The Labute approximate surface area is 110 Å². The summed E-state index contributed by atoms with van der Waals surface area (Å²) in [7, 11) is 0. The maximum absolute atomic E-state index is 11.8. The summed E-state index contributed by atoms with van der Waals surface area (Å²) in [6, 6.07) is 6.28. The molecule has 0 aromatic heterocycles. The van der Waals surface area contributed by atoms with E-state index >= 15 is 0 Å². The molecule has 6 heteroatoms. The molecule has 0 aliphatic carbocycles. The number of nitro groups is 1. The lowest BCUT2D eigenvalue weighted by Gasteiger charge is -2.24. The lowest BCUT2D eigenvalue weighted by Crippen LogP contribution is -2.34. The molecule has 1 aromatic carbocycles. The van der Waals surface area contributed by atoms with Crippen LogP contribution in [0.1, 0.15) is 18.4 Å². The first kappa shape index (κ1) is 13.2. The molecule has 1 amide bonds. The molecule has 1 fully saturated rings. The van der Waals surface area contributed by atoms with Gasteiger partial charge in [0, 0.05) is 18.7 Å². The summed E-state index contributed by atoms with van der Waals surface area (Å²) in [5.74, 6) is -0.294. The Hall–Kier alpha value is -2.21. The zero-order valence-corrected chi connectivity index (χ0v) is 10.3. The second-order valence-corrected chi connectivity index (χ2v) is 4.13. The number of hydrogen-bond acceptors (Lipinski definition) is 4. The molecular weight excluding hydrogens is 248 g/mol. The van der Waals surface area contributed by atoms with E-state index in [1.165, 1.54) is 23.3 Å². The molecule has 0 saturated carbocycles. The molecular formula is C13H14N2O4. The molecule has 1 saturated heterocycles. The number of benzene rings is 1. The quantitative estimate of drug-likeness (QED) is 0.475. The molecule has 0 unspecified atom stereocenters. The normalized spacial score (nSPS) is 15.7. The van der Waals surface area contributed by atoms with Crippen LogP contribution in [0, 0.1) is 10.1 Å². The third-order valence-corrected chi connectivity index (χ3v) is 2.79. The molecule has 0 spiro atoms. The number of nitro benzene ring substituents is 1. The highest BCUT2D eigenvalue weighted by molar-refractivity contribution is 5.91. The second kappa shape index (κ2) is 6.10. The Balaban J connectivity index is 2.09. The number of carbonyl (C=O) groups excluding carboxylic acids is 1. The van der Waals surface area contributed by atoms with Crippen LogP contribution in [0.4, 0.5) is 5.69 Å². The largest absolute Gasteiger partial charge is 0.276 e. The second-order valence-electron chi connectivity index (χ2n) is 4.13. The van der Waals surface area contributed by atoms with Gasteiger partial charge in [-0.25, -0.2) is 5.06 Å². The van der Waals surface area contributed by atoms with E-state index in [1.54, 1.807) is 18.2 Å². The molecule has 2 rings (SSSR count). The SMILES string of the molecule is O=C(/C=C/c1ccccc1[N+](=O)[O-])N1CCCCO1. The van der Waals surface area contributed by atoms with Crippen molar-refractivity contribution in [1.82, 2.24) is 5.06 Å². The minimum absolute atomic E-state index is 0.0221. The van der Waals surface area contributed by atoms with Crippen LogP contribution in [0.15, 0.2) is 30.3 Å². The van der Waals surface area contributed by atoms with E-state index in [9.17, 15) is 14.9 Å². The summed E-state index contributed by atoms with van der Waals surface area (Å²) in [5.41, 5.74) is 0.379. The van der Waals surface area contributed by atoms with Crippen LogP contribution < -0.4 is 0 Å². The van der Waals surface area contributed by atoms with Crippen LogP contribution >= 0.6 is 0 Å². The number of hydrogen-bond donors (Lipinski definition) is 0. The molecule has 6 nitrogen and oxygen atoms in total. The molecule has 1 aliphatic heterocycles. The van der Waals surface area contributed by atoms with Gasteiger partial charge in [0.25, 0.3) is 11.6 Å². The third kappa shape index (κ3) is 3.38. The Morgan fingerprint density at radius 2 is 2.16 bits per heavy atom. The fourth-order valence-corrected chi connectivity index (χ4v) is 1.81. The Kier molecular flexibility index (Phi) is 4.25. The van der Waals surface area contributed by atoms with E-state index in [0.29, 0.717) is 18.7 Å². The zero-order chi connectivity index (χ0) is 13.7. The van der Waals surface area contributed by atoms with Crippen LogP contribution in [-0.2, 0) is 9.63 Å². The van der Waals surface area contributed by atoms with E-state index in [2.05, 4.69) is 0 Å². The number of carbonyl (C=O) groups is 1. The highest BCUT2D eigenvalue weighted by Crippen LogP contribution is 2.19. The van der Waals surface area contributed by atoms with Gasteiger partial charge in [-0.05, 0) is 25.0 Å². The monoisotopic (exact) mass is 262 g/mol. The van der Waals surface area contributed by atoms with Gasteiger partial charge in [0.05, 0.1) is 17.1 Å². The Morgan fingerprint density at radius 3 is 2.84 bits per heavy atom. The van der Waals surface area contributed by atoms with Crippen molar-refractivity contribution < 1.29 is 14.6 Å². The molecule has 0 radical (unpaired) electrons. The topological polar surface area (TPSA) is 72.7 Å². The summed E-state index contributed by atoms with van der Waals surface area (Å²) in [6.45, 7) is 1.09. The molecule has 0 bridgehead atoms. The van der Waals surface area contributed by atoms with E-state index in [-0.39, 0.29) is 11.6 Å². The van der Waals surface area contributed by atoms with Gasteiger partial charge in [-0.2, -0.15) is 0 Å². The average molecular weight is 262 g/mol. The number of hydroxylamine groups is 2. The van der Waals surface area contributed by atoms with Gasteiger partial charge < -0.3 is 0 Å². The van der Waals surface area contributed by atoms with Crippen LogP contribution in [0.3, 0.4) is 0 Å². The lowest BCUT2D eigenvalue weighted by molar-refractivity contribution is -0.385. The van der Waals surface area contributed by atoms with E-state index in [4.69, 9.17) is 4.84 Å². The van der Waals surface area contributed by atoms with Crippen LogP contribution in [0.5, 0.6) is 0 Å². The number of nitrogens with zero attached hydrogens (tertiary/aromatic N) is 2. The molecule has 19 heavy (non-hydrogen) atoms. The van der Waals surface area contributed by atoms with Gasteiger partial charge in [-0.15, -0.1) is 0 Å². The van der Waals surface area contributed by atoms with Crippen molar-refractivity contribution >= 4 is 17.7 Å². The van der Waals surface area contributed by atoms with Gasteiger partial charge in [0.1, 0.15) is 0 Å². The van der Waals surface area contributed by atoms with Crippen molar-refractivity contribution in [2.45, 2.75) is 12.8 Å². The number of amides is 1. The Morgan fingerprint density at radius 1 is 1.37 bits per heavy atom. The van der Waals surface area contributed by atoms with E-state index in [1.807, 2.05) is 0 Å². The molecule has 1 aliphatic rings. The summed E-state index contributed by atoms with van der Waals surface area (Å²) in [5, 5.41) is 12.1. The summed E-state index contributed by atoms with van der Waals surface area (Å²) in [4.78, 5) is 27.4. The number of para-hydroxylation sites is 1. The average Bonchev–Trinajstić information content (AvgIpc) is 2.46. The first-order chi connectivity index (χ1) is 9.18. The predicted octanol–water partition coefficient (Wildman–Crippen LogP) is 2.16. The van der Waals surface area contributed by atoms with Crippen molar-refractivity contribution in [2.24, 2.45) is 0 Å². The van der Waals surface area contributed by atoms with E-state index < -0.39 is 4.92 Å². The van der Waals surface area contributed by atoms with Crippen molar-refractivity contribution in [3.8, 4) is 0 Å². The molecule has 0 N–H and O–H groups in total.